The molecule has 0 saturated heterocycles. The molecule has 0 heterocycles. The van der Waals surface area contributed by atoms with E-state index in [4.69, 9.17) is 3.63 Å². The van der Waals surface area contributed by atoms with Gasteiger partial charge in [-0.1, -0.05) is 42.5 Å². The smallest absolute Gasteiger partial charge is 0.207 e. The maximum atomic E-state index is 14.6. The molecule has 0 atom stereocenters. The largest absolute Gasteiger partial charge is 0.310 e. The molecule has 0 N–H and O–H groups in total. The van der Waals surface area contributed by atoms with Crippen molar-refractivity contribution in [3.63, 3.8) is 0 Å². The number of hydrogen-bond acceptors (Lipinski definition) is 3. The Morgan fingerprint density at radius 2 is 1.15 bits per heavy atom. The summed E-state index contributed by atoms with van der Waals surface area (Å²) in [4.78, 5) is 1.21. The molecule has 4 rings (SSSR count). The molecule has 7 heteroatoms. The van der Waals surface area contributed by atoms with E-state index in [2.05, 4.69) is 0 Å². The molecular weight excluding hydrogens is 462 g/mol. The van der Waals surface area contributed by atoms with Crippen molar-refractivity contribution >= 4 is 20.4 Å². The average Bonchev–Trinajstić information content (AvgIpc) is 2.78. The third-order valence-electron chi connectivity index (χ3n) is 5.03. The van der Waals surface area contributed by atoms with Gasteiger partial charge < -0.3 is 0 Å². The zero-order valence-electron chi connectivity index (χ0n) is 18.0. The van der Waals surface area contributed by atoms with Crippen LogP contribution in [-0.2, 0) is 13.7 Å². The normalized spacial score (nSPS) is 12.5. The van der Waals surface area contributed by atoms with E-state index >= 15 is 0 Å². The zero-order valence-corrected chi connectivity index (χ0v) is 19.7. The lowest BCUT2D eigenvalue weighted by atomic mass is 10.2. The highest BCUT2D eigenvalue weighted by molar-refractivity contribution is 8.33. The van der Waals surface area contributed by atoms with Crippen molar-refractivity contribution in [1.82, 2.24) is 0 Å². The van der Waals surface area contributed by atoms with Crippen LogP contribution in [0.1, 0.15) is 11.1 Å². The fourth-order valence-corrected chi connectivity index (χ4v) is 9.14. The molecule has 0 fully saturated rings. The van der Waals surface area contributed by atoms with E-state index in [-0.39, 0.29) is 0 Å². The van der Waals surface area contributed by atoms with E-state index in [1.165, 1.54) is 0 Å². The topological polar surface area (TPSA) is 43.4 Å². The predicted molar refractivity (Wildman–Crippen MR) is 126 cm³/mol. The summed E-state index contributed by atoms with van der Waals surface area (Å²) >= 11 is 0. The molecule has 170 valence electrons. The average molecular weight is 485 g/mol. The summed E-state index contributed by atoms with van der Waals surface area (Å²) < 4.78 is 61.2. The van der Waals surface area contributed by atoms with E-state index in [1.54, 1.807) is 48.5 Å². The predicted octanol–water partition coefficient (Wildman–Crippen LogP) is 7.18. The van der Waals surface area contributed by atoms with Gasteiger partial charge in [0.15, 0.2) is 0 Å². The fraction of sp³-hybridized carbons (Fsp3) is 0.0769. The molecule has 4 aromatic carbocycles. The molecule has 0 spiro atoms. The number of rotatable bonds is 6. The molecule has 3 nitrogen and oxygen atoms in total. The third-order valence-corrected chi connectivity index (χ3v) is 10.2. The van der Waals surface area contributed by atoms with Crippen molar-refractivity contribution in [2.75, 3.05) is 0 Å². The van der Waals surface area contributed by atoms with Crippen LogP contribution < -0.4 is 0 Å². The van der Waals surface area contributed by atoms with Gasteiger partial charge >= 0.3 is 10.1 Å². The van der Waals surface area contributed by atoms with Gasteiger partial charge in [-0.25, -0.2) is 12.4 Å². The van der Waals surface area contributed by atoms with Crippen molar-refractivity contribution in [2.45, 2.75) is 33.4 Å². The quantitative estimate of drug-likeness (QED) is 0.291. The van der Waals surface area contributed by atoms with Crippen molar-refractivity contribution in [2.24, 2.45) is 0 Å². The molecule has 0 aliphatic carbocycles. The Kier molecular flexibility index (Phi) is 6.38. The highest BCUT2D eigenvalue weighted by Gasteiger charge is 2.39. The summed E-state index contributed by atoms with van der Waals surface area (Å²) in [7, 11) is -7.50. The minimum absolute atomic E-state index is 0.537. The monoisotopic (exact) mass is 484 g/mol. The van der Waals surface area contributed by atoms with Gasteiger partial charge in [-0.15, -0.1) is 0 Å². The van der Waals surface area contributed by atoms with Crippen LogP contribution >= 0.6 is 10.3 Å². The van der Waals surface area contributed by atoms with Gasteiger partial charge in [0.1, 0.15) is 16.5 Å². The lowest BCUT2D eigenvalue weighted by Gasteiger charge is -2.39. The zero-order chi connectivity index (χ0) is 23.6. The Morgan fingerprint density at radius 1 is 0.636 bits per heavy atom. The van der Waals surface area contributed by atoms with Gasteiger partial charge in [-0.3, -0.25) is 0 Å². The van der Waals surface area contributed by atoms with Crippen LogP contribution in [0.3, 0.4) is 0 Å². The number of halogens is 2. The lowest BCUT2D eigenvalue weighted by molar-refractivity contribution is 0.493. The Balaban J connectivity index is 2.05. The van der Waals surface area contributed by atoms with Crippen molar-refractivity contribution < 1.29 is 20.8 Å². The maximum absolute atomic E-state index is 14.6. The Bertz CT molecular complexity index is 1330. The highest BCUT2D eigenvalue weighted by atomic mass is 32.3. The first-order valence-electron chi connectivity index (χ1n) is 10.2. The van der Waals surface area contributed by atoms with Crippen LogP contribution in [0.25, 0.3) is 0 Å². The summed E-state index contributed by atoms with van der Waals surface area (Å²) in [5, 5.41) is 0. The number of benzene rings is 4. The summed E-state index contributed by atoms with van der Waals surface area (Å²) in [5.41, 5.74) is 1.87. The molecule has 0 bridgehead atoms. The molecular formula is C26H22F2O3S2. The van der Waals surface area contributed by atoms with Crippen molar-refractivity contribution in [3.05, 3.63) is 120 Å². The second-order valence-corrected chi connectivity index (χ2v) is 12.0. The molecule has 33 heavy (non-hydrogen) atoms. The highest BCUT2D eigenvalue weighted by Crippen LogP contribution is 2.70. The minimum Gasteiger partial charge on any atom is -0.207 e. The van der Waals surface area contributed by atoms with Crippen LogP contribution in [0.5, 0.6) is 0 Å². The van der Waals surface area contributed by atoms with Crippen LogP contribution in [0, 0.1) is 25.5 Å². The molecule has 0 aliphatic rings. The molecule has 0 aromatic heterocycles. The fourth-order valence-electron chi connectivity index (χ4n) is 3.70. The molecule has 0 saturated carbocycles. The van der Waals surface area contributed by atoms with Gasteiger partial charge in [-0.2, -0.15) is 8.42 Å². The first-order valence-corrected chi connectivity index (χ1v) is 13.1. The van der Waals surface area contributed by atoms with Gasteiger partial charge in [0, 0.05) is 20.8 Å². The molecule has 0 amide bonds. The van der Waals surface area contributed by atoms with E-state index in [1.807, 2.05) is 44.2 Å². The lowest BCUT2D eigenvalue weighted by Crippen LogP contribution is -2.16. The SMILES string of the molecule is Cc1cc(C)cc(S(OS(=O)(=O)c2ccc(F)cc2F)(c2ccccc2)c2ccccc2)c1. The third kappa shape index (κ3) is 4.57. The summed E-state index contributed by atoms with van der Waals surface area (Å²) in [5.74, 6) is -2.07. The van der Waals surface area contributed by atoms with Crippen molar-refractivity contribution in [3.8, 4) is 0 Å². The number of hydrogen-bond donors (Lipinski definition) is 0. The first kappa shape index (κ1) is 23.2. The van der Waals surface area contributed by atoms with Crippen LogP contribution in [0.2, 0.25) is 0 Å². The second kappa shape index (κ2) is 9.09. The Labute approximate surface area is 194 Å². The summed E-state index contributed by atoms with van der Waals surface area (Å²) in [6.07, 6.45) is 0. The Hall–Kier alpha value is -3.00. The van der Waals surface area contributed by atoms with Crippen LogP contribution in [0.4, 0.5) is 8.78 Å². The maximum Gasteiger partial charge on any atom is 0.310 e. The van der Waals surface area contributed by atoms with Gasteiger partial charge in [0.2, 0.25) is 0 Å². The second-order valence-electron chi connectivity index (χ2n) is 7.60. The Morgan fingerprint density at radius 3 is 1.64 bits per heavy atom. The van der Waals surface area contributed by atoms with Gasteiger partial charge in [0.05, 0.1) is 0 Å². The van der Waals surface area contributed by atoms with Crippen molar-refractivity contribution in [1.29, 1.82) is 0 Å². The van der Waals surface area contributed by atoms with E-state index in [0.717, 1.165) is 23.3 Å². The number of aryl methyl sites for hydroxylation is 2. The minimum atomic E-state index is -4.64. The molecule has 0 radical (unpaired) electrons. The standard InChI is InChI=1S/C26H22F2O3S2/c1-19-15-20(2)17-24(16-19)32(22-9-5-3-6-10-22,23-11-7-4-8-12-23)31-33(29,30)26-14-13-21(27)18-25(26)28/h3-18H,1-2H3. The van der Waals surface area contributed by atoms with Gasteiger partial charge in [-0.05, 0) is 83.8 Å². The molecule has 0 aliphatic heterocycles. The van der Waals surface area contributed by atoms with Gasteiger partial charge in [0.25, 0.3) is 0 Å². The van der Waals surface area contributed by atoms with E-state index in [0.29, 0.717) is 20.8 Å². The summed E-state index contributed by atoms with van der Waals surface area (Å²) in [6.45, 7) is 3.84. The van der Waals surface area contributed by atoms with Crippen LogP contribution in [-0.4, -0.2) is 8.42 Å². The summed E-state index contributed by atoms with van der Waals surface area (Å²) in [6, 6.07) is 26.2. The van der Waals surface area contributed by atoms with E-state index < -0.39 is 37.0 Å². The molecule has 0 unspecified atom stereocenters. The first-order chi connectivity index (χ1) is 15.7. The molecule has 4 aromatic rings. The van der Waals surface area contributed by atoms with E-state index in [9.17, 15) is 17.2 Å². The van der Waals surface area contributed by atoms with Crippen LogP contribution in [0.15, 0.2) is 117 Å².